The molecule has 1 atom stereocenters. The molecule has 19 heavy (non-hydrogen) atoms. The van der Waals surface area contributed by atoms with Crippen LogP contribution in [0.2, 0.25) is 0 Å². The van der Waals surface area contributed by atoms with E-state index in [1.165, 1.54) is 4.90 Å². The monoisotopic (exact) mass is 284 g/mol. The fourth-order valence-corrected chi connectivity index (χ4v) is 2.60. The molecular weight excluding hydrogens is 268 g/mol. The van der Waals surface area contributed by atoms with Gasteiger partial charge in [-0.3, -0.25) is 0 Å². The van der Waals surface area contributed by atoms with Crippen LogP contribution in [0.5, 0.6) is 0 Å². The first kappa shape index (κ1) is 13.8. The van der Waals surface area contributed by atoms with Crippen LogP contribution in [-0.4, -0.2) is 59.8 Å². The maximum Gasteiger partial charge on any atom is 0.334 e. The van der Waals surface area contributed by atoms with Gasteiger partial charge in [0.25, 0.3) is 0 Å². The number of nitrogens with zero attached hydrogens (tertiary/aromatic N) is 2. The smallest absolute Gasteiger partial charge is 0.334 e. The quantitative estimate of drug-likeness (QED) is 0.902. The zero-order valence-corrected chi connectivity index (χ0v) is 11.4. The van der Waals surface area contributed by atoms with E-state index in [0.717, 1.165) is 5.56 Å². The lowest BCUT2D eigenvalue weighted by molar-refractivity contribution is -0.154. The number of urea groups is 1. The molecule has 104 valence electrons. The summed E-state index contributed by atoms with van der Waals surface area (Å²) in [5.41, 5.74) is 1.07. The van der Waals surface area contributed by atoms with Crippen molar-refractivity contribution >= 4 is 23.3 Å². The summed E-state index contributed by atoms with van der Waals surface area (Å²) in [5.74, 6) is -1.03. The molecule has 2 heterocycles. The number of thiophene rings is 1. The Hall–Kier alpha value is -1.60. The lowest BCUT2D eigenvalue weighted by Crippen LogP contribution is -2.51. The van der Waals surface area contributed by atoms with Crippen LogP contribution in [-0.2, 0) is 16.1 Å². The van der Waals surface area contributed by atoms with Gasteiger partial charge in [-0.2, -0.15) is 11.3 Å². The number of rotatable bonds is 3. The molecule has 0 saturated carbocycles. The molecule has 1 fully saturated rings. The topological polar surface area (TPSA) is 70.1 Å². The number of amides is 2. The molecule has 6 nitrogen and oxygen atoms in total. The van der Waals surface area contributed by atoms with Gasteiger partial charge in [0.15, 0.2) is 6.10 Å². The highest BCUT2D eigenvalue weighted by Gasteiger charge is 2.30. The summed E-state index contributed by atoms with van der Waals surface area (Å²) in [6, 6.07) is 1.80. The largest absolute Gasteiger partial charge is 0.479 e. The highest BCUT2D eigenvalue weighted by atomic mass is 32.1. The van der Waals surface area contributed by atoms with Crippen LogP contribution in [0.15, 0.2) is 16.8 Å². The average Bonchev–Trinajstić information content (AvgIpc) is 2.90. The number of carboxylic acid groups (broad SMARTS) is 1. The predicted molar refractivity (Wildman–Crippen MR) is 70.1 cm³/mol. The highest BCUT2D eigenvalue weighted by Crippen LogP contribution is 2.12. The summed E-state index contributed by atoms with van der Waals surface area (Å²) < 4.78 is 5.10. The molecule has 1 aliphatic rings. The van der Waals surface area contributed by atoms with Gasteiger partial charge in [0.2, 0.25) is 0 Å². The maximum absolute atomic E-state index is 12.2. The molecule has 0 aromatic carbocycles. The standard InChI is InChI=1S/C12H16N2O4S/c1-13(6-9-2-5-19-8-9)12(17)14-3-4-18-10(7-14)11(15)16/h2,5,8,10H,3-4,6-7H2,1H3,(H,15,16). The molecule has 1 unspecified atom stereocenters. The zero-order valence-electron chi connectivity index (χ0n) is 10.6. The lowest BCUT2D eigenvalue weighted by atomic mass is 10.3. The van der Waals surface area contributed by atoms with E-state index >= 15 is 0 Å². The van der Waals surface area contributed by atoms with Crippen LogP contribution >= 0.6 is 11.3 Å². The van der Waals surface area contributed by atoms with Crippen molar-refractivity contribution < 1.29 is 19.4 Å². The van der Waals surface area contributed by atoms with Gasteiger partial charge in [0.1, 0.15) is 0 Å². The van der Waals surface area contributed by atoms with Gasteiger partial charge in [-0.25, -0.2) is 9.59 Å². The van der Waals surface area contributed by atoms with Gasteiger partial charge in [-0.05, 0) is 22.4 Å². The van der Waals surface area contributed by atoms with E-state index in [-0.39, 0.29) is 19.2 Å². The highest BCUT2D eigenvalue weighted by molar-refractivity contribution is 7.07. The summed E-state index contributed by atoms with van der Waals surface area (Å²) in [5, 5.41) is 12.9. The van der Waals surface area contributed by atoms with Crippen molar-refractivity contribution in [3.8, 4) is 0 Å². The van der Waals surface area contributed by atoms with Gasteiger partial charge in [-0.15, -0.1) is 0 Å². The summed E-state index contributed by atoms with van der Waals surface area (Å²) in [7, 11) is 1.71. The van der Waals surface area contributed by atoms with Crippen molar-refractivity contribution in [2.24, 2.45) is 0 Å². The van der Waals surface area contributed by atoms with Crippen molar-refractivity contribution in [3.05, 3.63) is 22.4 Å². The van der Waals surface area contributed by atoms with Crippen LogP contribution in [0.1, 0.15) is 5.56 Å². The van der Waals surface area contributed by atoms with E-state index in [9.17, 15) is 9.59 Å². The van der Waals surface area contributed by atoms with Crippen LogP contribution in [0.4, 0.5) is 4.79 Å². The number of carbonyl (C=O) groups is 2. The zero-order chi connectivity index (χ0) is 13.8. The van der Waals surface area contributed by atoms with Crippen molar-refractivity contribution in [2.45, 2.75) is 12.6 Å². The number of hydrogen-bond donors (Lipinski definition) is 1. The third-order valence-electron chi connectivity index (χ3n) is 2.94. The summed E-state index contributed by atoms with van der Waals surface area (Å²) >= 11 is 1.58. The molecule has 1 aliphatic heterocycles. The van der Waals surface area contributed by atoms with Crippen LogP contribution < -0.4 is 0 Å². The first-order valence-electron chi connectivity index (χ1n) is 5.93. The van der Waals surface area contributed by atoms with Crippen molar-refractivity contribution in [3.63, 3.8) is 0 Å². The van der Waals surface area contributed by atoms with E-state index in [4.69, 9.17) is 9.84 Å². The van der Waals surface area contributed by atoms with Crippen LogP contribution in [0, 0.1) is 0 Å². The molecule has 0 aliphatic carbocycles. The maximum atomic E-state index is 12.2. The Morgan fingerprint density at radius 2 is 2.42 bits per heavy atom. The Balaban J connectivity index is 1.93. The molecule has 0 bridgehead atoms. The summed E-state index contributed by atoms with van der Waals surface area (Å²) in [6.07, 6.45) is -0.924. The lowest BCUT2D eigenvalue weighted by Gasteiger charge is -2.33. The molecule has 0 spiro atoms. The fraction of sp³-hybridized carbons (Fsp3) is 0.500. The molecule has 1 aromatic rings. The van der Waals surface area contributed by atoms with E-state index < -0.39 is 12.1 Å². The van der Waals surface area contributed by atoms with Crippen molar-refractivity contribution in [1.29, 1.82) is 0 Å². The second kappa shape index (κ2) is 6.03. The Morgan fingerprint density at radius 3 is 3.05 bits per heavy atom. The normalized spacial score (nSPS) is 19.2. The second-order valence-corrected chi connectivity index (χ2v) is 5.19. The molecule has 2 amide bonds. The number of carbonyl (C=O) groups excluding carboxylic acids is 1. The number of ether oxygens (including phenoxy) is 1. The molecule has 1 saturated heterocycles. The van der Waals surface area contributed by atoms with E-state index in [0.29, 0.717) is 13.1 Å². The third kappa shape index (κ3) is 3.45. The Bertz CT molecular complexity index is 449. The van der Waals surface area contributed by atoms with E-state index in [1.807, 2.05) is 16.8 Å². The van der Waals surface area contributed by atoms with Crippen LogP contribution in [0.3, 0.4) is 0 Å². The Kier molecular flexibility index (Phi) is 4.39. The minimum atomic E-state index is -1.03. The summed E-state index contributed by atoms with van der Waals surface area (Å²) in [6.45, 7) is 1.31. The Labute approximate surface area is 115 Å². The molecule has 2 rings (SSSR count). The fourth-order valence-electron chi connectivity index (χ4n) is 1.94. The number of morpholine rings is 1. The number of carboxylic acids is 1. The number of aliphatic carboxylic acids is 1. The van der Waals surface area contributed by atoms with Gasteiger partial charge in [0.05, 0.1) is 13.2 Å². The van der Waals surface area contributed by atoms with Gasteiger partial charge >= 0.3 is 12.0 Å². The minimum Gasteiger partial charge on any atom is -0.479 e. The molecule has 1 N–H and O–H groups in total. The third-order valence-corrected chi connectivity index (χ3v) is 3.67. The molecule has 0 radical (unpaired) electrons. The summed E-state index contributed by atoms with van der Waals surface area (Å²) in [4.78, 5) is 26.2. The van der Waals surface area contributed by atoms with Crippen LogP contribution in [0.25, 0.3) is 0 Å². The SMILES string of the molecule is CN(Cc1ccsc1)C(=O)N1CCOC(C(=O)O)C1. The second-order valence-electron chi connectivity index (χ2n) is 4.41. The van der Waals surface area contributed by atoms with Gasteiger partial charge in [0, 0.05) is 20.1 Å². The average molecular weight is 284 g/mol. The molecule has 1 aromatic heterocycles. The van der Waals surface area contributed by atoms with E-state index in [2.05, 4.69) is 0 Å². The van der Waals surface area contributed by atoms with Crippen molar-refractivity contribution in [1.82, 2.24) is 9.80 Å². The molecular formula is C12H16N2O4S. The van der Waals surface area contributed by atoms with Crippen molar-refractivity contribution in [2.75, 3.05) is 26.7 Å². The predicted octanol–water partition coefficient (Wildman–Crippen LogP) is 1.09. The number of hydrogen-bond acceptors (Lipinski definition) is 4. The first-order chi connectivity index (χ1) is 9.08. The van der Waals surface area contributed by atoms with Gasteiger partial charge < -0.3 is 19.6 Å². The van der Waals surface area contributed by atoms with Gasteiger partial charge in [-0.1, -0.05) is 0 Å². The minimum absolute atomic E-state index is 0.0993. The van der Waals surface area contributed by atoms with E-state index in [1.54, 1.807) is 23.3 Å². The molecule has 7 heteroatoms. The first-order valence-corrected chi connectivity index (χ1v) is 6.87. The Morgan fingerprint density at radius 1 is 1.63 bits per heavy atom.